The van der Waals surface area contributed by atoms with Crippen molar-refractivity contribution in [2.24, 2.45) is 0 Å². The molecule has 1 N–H and O–H groups in total. The molecule has 5 nitrogen and oxygen atoms in total. The molecule has 0 saturated carbocycles. The molecule has 0 aliphatic heterocycles. The van der Waals surface area contributed by atoms with E-state index in [1.807, 2.05) is 0 Å². The lowest BCUT2D eigenvalue weighted by atomic mass is 10.2. The van der Waals surface area contributed by atoms with Crippen LogP contribution in [0.15, 0.2) is 60.7 Å². The number of nitrogens with zero attached hydrogens (tertiary/aromatic N) is 2. The van der Waals surface area contributed by atoms with Crippen molar-refractivity contribution in [3.05, 3.63) is 71.9 Å². The average Bonchev–Trinajstić information content (AvgIpc) is 3.06. The van der Waals surface area contributed by atoms with E-state index in [-0.39, 0.29) is 11.4 Å². The SMILES string of the molecule is Cc1ccc(-n2nc(C(F)(F)C(F)(F)F)cc2NC(=O)Oc2ccccc2)cc1. The van der Waals surface area contributed by atoms with Gasteiger partial charge in [-0.15, -0.1) is 0 Å². The Morgan fingerprint density at radius 3 is 2.21 bits per heavy atom. The van der Waals surface area contributed by atoms with E-state index in [2.05, 4.69) is 10.4 Å². The molecule has 0 radical (unpaired) electrons. The van der Waals surface area contributed by atoms with E-state index in [0.717, 1.165) is 10.2 Å². The summed E-state index contributed by atoms with van der Waals surface area (Å²) >= 11 is 0. The van der Waals surface area contributed by atoms with E-state index in [1.54, 1.807) is 37.3 Å². The molecule has 0 unspecified atom stereocenters. The molecule has 0 aliphatic carbocycles. The van der Waals surface area contributed by atoms with Crippen molar-refractivity contribution in [3.63, 3.8) is 0 Å². The molecule has 29 heavy (non-hydrogen) atoms. The van der Waals surface area contributed by atoms with Gasteiger partial charge < -0.3 is 4.74 Å². The first-order chi connectivity index (χ1) is 13.6. The number of carbonyl (C=O) groups is 1. The monoisotopic (exact) mass is 411 g/mol. The molecule has 1 amide bonds. The van der Waals surface area contributed by atoms with Gasteiger partial charge in [-0.3, -0.25) is 5.32 Å². The van der Waals surface area contributed by atoms with Crippen molar-refractivity contribution in [1.29, 1.82) is 0 Å². The van der Waals surface area contributed by atoms with E-state index in [4.69, 9.17) is 4.74 Å². The van der Waals surface area contributed by atoms with Gasteiger partial charge in [-0.05, 0) is 31.2 Å². The minimum atomic E-state index is -5.85. The molecule has 0 fully saturated rings. The second-order valence-corrected chi connectivity index (χ2v) is 6.06. The highest BCUT2D eigenvalue weighted by atomic mass is 19.4. The van der Waals surface area contributed by atoms with Crippen LogP contribution in [0.5, 0.6) is 5.75 Å². The Balaban J connectivity index is 1.97. The number of aryl methyl sites for hydroxylation is 1. The van der Waals surface area contributed by atoms with Gasteiger partial charge in [0, 0.05) is 6.07 Å². The van der Waals surface area contributed by atoms with Crippen molar-refractivity contribution < 1.29 is 31.5 Å². The van der Waals surface area contributed by atoms with Crippen LogP contribution in [-0.2, 0) is 5.92 Å². The van der Waals surface area contributed by atoms with Crippen molar-refractivity contribution >= 4 is 11.9 Å². The van der Waals surface area contributed by atoms with Crippen molar-refractivity contribution in [2.75, 3.05) is 5.32 Å². The maximum absolute atomic E-state index is 13.8. The van der Waals surface area contributed by atoms with Crippen LogP contribution in [0.1, 0.15) is 11.3 Å². The summed E-state index contributed by atoms with van der Waals surface area (Å²) < 4.78 is 71.6. The van der Waals surface area contributed by atoms with Gasteiger partial charge >= 0.3 is 18.2 Å². The van der Waals surface area contributed by atoms with E-state index < -0.39 is 29.7 Å². The number of amides is 1. The number of anilines is 1. The Kier molecular flexibility index (Phi) is 5.27. The summed E-state index contributed by atoms with van der Waals surface area (Å²) in [6.45, 7) is 1.77. The van der Waals surface area contributed by atoms with Crippen LogP contribution in [0.4, 0.5) is 32.6 Å². The number of hydrogen-bond donors (Lipinski definition) is 1. The third-order valence-electron chi connectivity index (χ3n) is 3.85. The first-order valence-electron chi connectivity index (χ1n) is 8.24. The number of hydrogen-bond acceptors (Lipinski definition) is 3. The fourth-order valence-corrected chi connectivity index (χ4v) is 2.38. The highest BCUT2D eigenvalue weighted by Gasteiger charge is 2.60. The normalized spacial score (nSPS) is 11.9. The van der Waals surface area contributed by atoms with Crippen molar-refractivity contribution in [2.45, 2.75) is 19.0 Å². The number of benzene rings is 2. The van der Waals surface area contributed by atoms with Gasteiger partial charge in [0.15, 0.2) is 0 Å². The van der Waals surface area contributed by atoms with Gasteiger partial charge in [0.2, 0.25) is 0 Å². The number of carbonyl (C=O) groups excluding carboxylic acids is 1. The molecule has 152 valence electrons. The van der Waals surface area contributed by atoms with E-state index >= 15 is 0 Å². The fraction of sp³-hybridized carbons (Fsp3) is 0.158. The number of para-hydroxylation sites is 1. The van der Waals surface area contributed by atoms with Crippen LogP contribution in [-0.4, -0.2) is 22.1 Å². The van der Waals surface area contributed by atoms with Crippen LogP contribution in [0.3, 0.4) is 0 Å². The number of nitrogens with one attached hydrogen (secondary N) is 1. The molecule has 2 aromatic carbocycles. The standard InChI is InChI=1S/C19H14F5N3O2/c1-12-7-9-13(10-8-12)27-16(11-15(26-27)18(20,21)19(22,23)24)25-17(28)29-14-5-3-2-4-6-14/h2-11H,1H3,(H,25,28). The van der Waals surface area contributed by atoms with Gasteiger partial charge in [-0.25, -0.2) is 9.48 Å². The van der Waals surface area contributed by atoms with Gasteiger partial charge in [0.25, 0.3) is 0 Å². The summed E-state index contributed by atoms with van der Waals surface area (Å²) in [6, 6.07) is 14.4. The molecule has 1 heterocycles. The van der Waals surface area contributed by atoms with Gasteiger partial charge in [-0.1, -0.05) is 35.9 Å². The molecule has 1 aromatic heterocycles. The highest BCUT2D eigenvalue weighted by molar-refractivity contribution is 5.85. The average molecular weight is 411 g/mol. The summed E-state index contributed by atoms with van der Waals surface area (Å²) in [7, 11) is 0. The summed E-state index contributed by atoms with van der Waals surface area (Å²) in [4.78, 5) is 12.1. The van der Waals surface area contributed by atoms with Crippen LogP contribution < -0.4 is 10.1 Å². The number of rotatable bonds is 4. The molecular formula is C19H14F5N3O2. The molecule has 0 aliphatic rings. The zero-order valence-electron chi connectivity index (χ0n) is 14.9. The number of aromatic nitrogens is 2. The van der Waals surface area contributed by atoms with Crippen LogP contribution in [0, 0.1) is 6.92 Å². The lowest BCUT2D eigenvalue weighted by Crippen LogP contribution is -2.34. The summed E-state index contributed by atoms with van der Waals surface area (Å²) in [5.74, 6) is -5.45. The Morgan fingerprint density at radius 2 is 1.62 bits per heavy atom. The van der Waals surface area contributed by atoms with Crippen LogP contribution in [0.2, 0.25) is 0 Å². The maximum Gasteiger partial charge on any atom is 0.459 e. The second kappa shape index (κ2) is 7.53. The smallest absolute Gasteiger partial charge is 0.410 e. The Morgan fingerprint density at radius 1 is 1.00 bits per heavy atom. The maximum atomic E-state index is 13.8. The predicted octanol–water partition coefficient (Wildman–Crippen LogP) is 5.45. The largest absolute Gasteiger partial charge is 0.459 e. The highest BCUT2D eigenvalue weighted by Crippen LogP contribution is 2.44. The number of ether oxygens (including phenoxy) is 1. The minimum Gasteiger partial charge on any atom is -0.410 e. The minimum absolute atomic E-state index is 0.159. The van der Waals surface area contributed by atoms with Crippen molar-refractivity contribution in [1.82, 2.24) is 9.78 Å². The molecule has 0 saturated heterocycles. The van der Waals surface area contributed by atoms with Crippen LogP contribution in [0.25, 0.3) is 5.69 Å². The Labute approximate surface area is 161 Å². The van der Waals surface area contributed by atoms with Gasteiger partial charge in [0.1, 0.15) is 17.3 Å². The quantitative estimate of drug-likeness (QED) is 0.581. The van der Waals surface area contributed by atoms with Gasteiger partial charge in [0.05, 0.1) is 5.69 Å². The first kappa shape index (κ1) is 20.3. The Bertz CT molecular complexity index is 999. The zero-order valence-corrected chi connectivity index (χ0v) is 14.9. The van der Waals surface area contributed by atoms with E-state index in [0.29, 0.717) is 6.07 Å². The third-order valence-corrected chi connectivity index (χ3v) is 3.85. The molecule has 0 atom stereocenters. The Hall–Kier alpha value is -3.43. The topological polar surface area (TPSA) is 56.2 Å². The molecular weight excluding hydrogens is 397 g/mol. The molecule has 0 bridgehead atoms. The van der Waals surface area contributed by atoms with Crippen molar-refractivity contribution in [3.8, 4) is 11.4 Å². The molecule has 3 rings (SSSR count). The first-order valence-corrected chi connectivity index (χ1v) is 8.24. The molecule has 10 heteroatoms. The summed E-state index contributed by atoms with van der Waals surface area (Å²) in [5, 5.41) is 5.54. The molecule has 0 spiro atoms. The summed E-state index contributed by atoms with van der Waals surface area (Å²) in [5.41, 5.74) is -0.546. The second-order valence-electron chi connectivity index (χ2n) is 6.06. The van der Waals surface area contributed by atoms with Gasteiger partial charge in [-0.2, -0.15) is 27.1 Å². The predicted molar refractivity (Wildman–Crippen MR) is 94.3 cm³/mol. The summed E-state index contributed by atoms with van der Waals surface area (Å²) in [6.07, 6.45) is -6.92. The number of alkyl halides is 5. The fourth-order valence-electron chi connectivity index (χ4n) is 2.38. The third kappa shape index (κ3) is 4.36. The van der Waals surface area contributed by atoms with Crippen LogP contribution >= 0.6 is 0 Å². The lowest BCUT2D eigenvalue weighted by Gasteiger charge is -2.16. The molecule has 3 aromatic rings. The van der Waals surface area contributed by atoms with E-state index in [9.17, 15) is 26.7 Å². The lowest BCUT2D eigenvalue weighted by molar-refractivity contribution is -0.291. The zero-order chi connectivity index (χ0) is 21.2. The van der Waals surface area contributed by atoms with E-state index in [1.165, 1.54) is 24.3 Å². The number of halogens is 5.